The molecule has 0 radical (unpaired) electrons. The normalized spacial score (nSPS) is 8.00. The van der Waals surface area contributed by atoms with Crippen molar-refractivity contribution in [2.75, 3.05) is 13.1 Å². The zero-order valence-electron chi connectivity index (χ0n) is 7.09. The van der Waals surface area contributed by atoms with E-state index in [9.17, 15) is 9.59 Å². The maximum absolute atomic E-state index is 10.0. The maximum Gasteiger partial charge on any atom is 0.137 e. The molecule has 0 aliphatic rings. The predicted molar refractivity (Wildman–Crippen MR) is 44.1 cm³/mol. The number of hydrogen-bond acceptors (Lipinski definition) is 4. The third-order valence-corrected chi connectivity index (χ3v) is 0.665. The van der Waals surface area contributed by atoms with Crippen LogP contribution in [0.5, 0.6) is 0 Å². The quantitative estimate of drug-likeness (QED) is 0.543. The Labute approximate surface area is 66.9 Å². The van der Waals surface area contributed by atoms with Gasteiger partial charge in [0.25, 0.3) is 0 Å². The van der Waals surface area contributed by atoms with Crippen molar-refractivity contribution in [1.82, 2.24) is 0 Å². The van der Waals surface area contributed by atoms with Gasteiger partial charge >= 0.3 is 0 Å². The molecule has 0 aliphatic carbocycles. The molecular weight excluding hydrogens is 144 g/mol. The SMILES string of the molecule is CC(=O)CC(C)=O.NCCN. The molecule has 0 atom stereocenters. The van der Waals surface area contributed by atoms with Crippen LogP contribution in [0.1, 0.15) is 20.3 Å². The molecule has 0 fully saturated rings. The van der Waals surface area contributed by atoms with Crippen LogP contribution in [0.25, 0.3) is 0 Å². The smallest absolute Gasteiger partial charge is 0.137 e. The number of carbonyl (C=O) groups is 2. The summed E-state index contributed by atoms with van der Waals surface area (Å²) in [5.41, 5.74) is 9.81. The van der Waals surface area contributed by atoms with Crippen molar-refractivity contribution >= 4 is 11.6 Å². The van der Waals surface area contributed by atoms with Gasteiger partial charge in [-0.15, -0.1) is 0 Å². The first-order valence-corrected chi connectivity index (χ1v) is 3.43. The molecule has 0 aliphatic heterocycles. The van der Waals surface area contributed by atoms with Gasteiger partial charge in [0, 0.05) is 13.1 Å². The molecule has 0 aromatic carbocycles. The Kier molecular flexibility index (Phi) is 10.9. The Morgan fingerprint density at radius 3 is 1.27 bits per heavy atom. The summed E-state index contributed by atoms with van der Waals surface area (Å²) in [7, 11) is 0. The maximum atomic E-state index is 10.0. The summed E-state index contributed by atoms with van der Waals surface area (Å²) in [6.45, 7) is 4.00. The second-order valence-electron chi connectivity index (χ2n) is 2.16. The topological polar surface area (TPSA) is 86.2 Å². The van der Waals surface area contributed by atoms with Crippen molar-refractivity contribution in [2.24, 2.45) is 11.5 Å². The van der Waals surface area contributed by atoms with Crippen LogP contribution in [-0.4, -0.2) is 24.7 Å². The molecule has 0 amide bonds. The summed E-state index contributed by atoms with van der Waals surface area (Å²) in [4.78, 5) is 20.1. The van der Waals surface area contributed by atoms with E-state index >= 15 is 0 Å². The number of Topliss-reactive ketones (excluding diaryl/α,β-unsaturated/α-hetero) is 2. The Bertz CT molecular complexity index is 110. The van der Waals surface area contributed by atoms with E-state index in [4.69, 9.17) is 11.5 Å². The molecule has 4 N–H and O–H groups in total. The molecule has 0 spiro atoms. The highest BCUT2D eigenvalue weighted by atomic mass is 16.1. The molecule has 0 heterocycles. The summed E-state index contributed by atoms with van der Waals surface area (Å²) in [5, 5.41) is 0. The van der Waals surface area contributed by atoms with E-state index in [2.05, 4.69) is 0 Å². The molecule has 4 nitrogen and oxygen atoms in total. The molecule has 0 aromatic rings. The molecule has 4 heteroatoms. The van der Waals surface area contributed by atoms with Gasteiger partial charge in [-0.25, -0.2) is 0 Å². The molecule has 0 rings (SSSR count). The Morgan fingerprint density at radius 2 is 1.27 bits per heavy atom. The second-order valence-corrected chi connectivity index (χ2v) is 2.16. The van der Waals surface area contributed by atoms with Crippen LogP contribution in [0, 0.1) is 0 Å². The minimum atomic E-state index is -0.0625. The van der Waals surface area contributed by atoms with E-state index in [1.165, 1.54) is 13.8 Å². The number of ketones is 2. The second kappa shape index (κ2) is 9.26. The van der Waals surface area contributed by atoms with Crippen molar-refractivity contribution in [2.45, 2.75) is 20.3 Å². The third kappa shape index (κ3) is 26.9. The van der Waals surface area contributed by atoms with Crippen LogP contribution in [0.2, 0.25) is 0 Å². The number of hydrogen-bond donors (Lipinski definition) is 2. The fraction of sp³-hybridized carbons (Fsp3) is 0.714. The van der Waals surface area contributed by atoms with Gasteiger partial charge in [0.05, 0.1) is 6.42 Å². The Hall–Kier alpha value is -0.740. The molecule has 0 saturated carbocycles. The van der Waals surface area contributed by atoms with E-state index in [1.807, 2.05) is 0 Å². The molecule has 11 heavy (non-hydrogen) atoms. The lowest BCUT2D eigenvalue weighted by Gasteiger charge is -1.81. The minimum Gasteiger partial charge on any atom is -0.329 e. The molecule has 0 aromatic heterocycles. The van der Waals surface area contributed by atoms with Crippen molar-refractivity contribution in [3.8, 4) is 0 Å². The highest BCUT2D eigenvalue weighted by Gasteiger charge is 1.94. The first kappa shape index (κ1) is 12.9. The Morgan fingerprint density at radius 1 is 1.00 bits per heavy atom. The summed E-state index contributed by atoms with van der Waals surface area (Å²) in [6.07, 6.45) is 0.0833. The first-order valence-electron chi connectivity index (χ1n) is 3.43. The molecule has 66 valence electrons. The van der Waals surface area contributed by atoms with Gasteiger partial charge in [-0.1, -0.05) is 0 Å². The van der Waals surface area contributed by atoms with Crippen LogP contribution in [0.15, 0.2) is 0 Å². The number of carbonyl (C=O) groups excluding carboxylic acids is 2. The zero-order chi connectivity index (χ0) is 9.28. The van der Waals surface area contributed by atoms with Crippen molar-refractivity contribution < 1.29 is 9.59 Å². The first-order chi connectivity index (χ1) is 5.04. The predicted octanol–water partition coefficient (Wildman–Crippen LogP) is -0.542. The lowest BCUT2D eigenvalue weighted by Crippen LogP contribution is -2.11. The van der Waals surface area contributed by atoms with Gasteiger partial charge in [-0.05, 0) is 13.8 Å². The largest absolute Gasteiger partial charge is 0.329 e. The van der Waals surface area contributed by atoms with Gasteiger partial charge in [0.15, 0.2) is 0 Å². The highest BCUT2D eigenvalue weighted by Crippen LogP contribution is 1.80. The van der Waals surface area contributed by atoms with Crippen LogP contribution >= 0.6 is 0 Å². The molecule has 0 unspecified atom stereocenters. The number of nitrogens with two attached hydrogens (primary N) is 2. The minimum absolute atomic E-state index is 0.0625. The van der Waals surface area contributed by atoms with Crippen molar-refractivity contribution in [3.05, 3.63) is 0 Å². The van der Waals surface area contributed by atoms with Crippen LogP contribution in [0.3, 0.4) is 0 Å². The summed E-state index contributed by atoms with van der Waals surface area (Å²) in [5.74, 6) is -0.125. The van der Waals surface area contributed by atoms with Crippen LogP contribution in [-0.2, 0) is 9.59 Å². The van der Waals surface area contributed by atoms with Crippen molar-refractivity contribution in [1.29, 1.82) is 0 Å². The summed E-state index contributed by atoms with van der Waals surface area (Å²) in [6, 6.07) is 0. The van der Waals surface area contributed by atoms with Crippen LogP contribution < -0.4 is 11.5 Å². The summed E-state index contributed by atoms with van der Waals surface area (Å²) < 4.78 is 0. The molecular formula is C7H16N2O2. The lowest BCUT2D eigenvalue weighted by molar-refractivity contribution is -0.124. The van der Waals surface area contributed by atoms with E-state index in [-0.39, 0.29) is 18.0 Å². The number of rotatable bonds is 3. The standard InChI is InChI=1S/C5H8O2.C2H8N2/c1-4(6)3-5(2)7;3-1-2-4/h3H2,1-2H3;1-4H2. The van der Waals surface area contributed by atoms with Gasteiger partial charge in [-0.2, -0.15) is 0 Å². The third-order valence-electron chi connectivity index (χ3n) is 0.665. The fourth-order valence-electron chi connectivity index (χ4n) is 0.351. The lowest BCUT2D eigenvalue weighted by atomic mass is 10.2. The average molecular weight is 160 g/mol. The molecule has 0 saturated heterocycles. The Balaban J connectivity index is 0. The van der Waals surface area contributed by atoms with Gasteiger partial charge < -0.3 is 11.5 Å². The monoisotopic (exact) mass is 160 g/mol. The summed E-state index contributed by atoms with van der Waals surface area (Å²) >= 11 is 0. The fourth-order valence-corrected chi connectivity index (χ4v) is 0.351. The van der Waals surface area contributed by atoms with E-state index in [0.717, 1.165) is 0 Å². The van der Waals surface area contributed by atoms with E-state index in [0.29, 0.717) is 13.1 Å². The van der Waals surface area contributed by atoms with Gasteiger partial charge in [-0.3, -0.25) is 9.59 Å². The van der Waals surface area contributed by atoms with Crippen molar-refractivity contribution in [3.63, 3.8) is 0 Å². The van der Waals surface area contributed by atoms with E-state index < -0.39 is 0 Å². The van der Waals surface area contributed by atoms with Gasteiger partial charge in [0.2, 0.25) is 0 Å². The van der Waals surface area contributed by atoms with Crippen LogP contribution in [0.4, 0.5) is 0 Å². The van der Waals surface area contributed by atoms with Gasteiger partial charge in [0.1, 0.15) is 11.6 Å². The molecule has 0 bridgehead atoms. The average Bonchev–Trinajstić information content (AvgIpc) is 1.85. The van der Waals surface area contributed by atoms with E-state index in [1.54, 1.807) is 0 Å². The highest BCUT2D eigenvalue weighted by molar-refractivity contribution is 5.96. The zero-order valence-corrected chi connectivity index (χ0v) is 7.09.